The van der Waals surface area contributed by atoms with E-state index in [0.29, 0.717) is 6.54 Å². The first-order valence-electron chi connectivity index (χ1n) is 7.73. The summed E-state index contributed by atoms with van der Waals surface area (Å²) in [5, 5.41) is 3.33. The van der Waals surface area contributed by atoms with Gasteiger partial charge < -0.3 is 19.9 Å². The normalized spacial score (nSPS) is 18.0. The van der Waals surface area contributed by atoms with Crippen molar-refractivity contribution in [3.8, 4) is 0 Å². The van der Waals surface area contributed by atoms with Crippen LogP contribution < -0.4 is 11.1 Å². The summed E-state index contributed by atoms with van der Waals surface area (Å²) in [7, 11) is -2.05. The van der Waals surface area contributed by atoms with E-state index < -0.39 is 8.56 Å². The molecule has 0 radical (unpaired) electrons. The van der Waals surface area contributed by atoms with E-state index >= 15 is 0 Å². The Kier molecular flexibility index (Phi) is 10.8. The molecule has 0 fully saturated rings. The molecule has 5 heteroatoms. The maximum atomic E-state index is 6.23. The Morgan fingerprint density at radius 2 is 1.58 bits per heavy atom. The fraction of sp³-hybridized carbons (Fsp3) is 1.00. The van der Waals surface area contributed by atoms with Crippen molar-refractivity contribution in [2.45, 2.75) is 71.8 Å². The van der Waals surface area contributed by atoms with Gasteiger partial charge in [-0.05, 0) is 52.2 Å². The molecule has 3 N–H and O–H groups in total. The summed E-state index contributed by atoms with van der Waals surface area (Å²) in [5.41, 5.74) is 5.46. The number of rotatable bonds is 12. The number of nitrogens with two attached hydrogens (primary N) is 1. The summed E-state index contributed by atoms with van der Waals surface area (Å²) >= 11 is 0. The van der Waals surface area contributed by atoms with Crippen LogP contribution in [0.15, 0.2) is 0 Å². The van der Waals surface area contributed by atoms with Gasteiger partial charge >= 0.3 is 8.56 Å². The lowest BCUT2D eigenvalue weighted by Crippen LogP contribution is -2.44. The van der Waals surface area contributed by atoms with Gasteiger partial charge in [-0.3, -0.25) is 0 Å². The Labute approximate surface area is 120 Å². The maximum absolute atomic E-state index is 6.23. The highest BCUT2D eigenvalue weighted by atomic mass is 28.4. The smallest absolute Gasteiger partial charge is 0.335 e. The average molecular weight is 291 g/mol. The van der Waals surface area contributed by atoms with E-state index in [9.17, 15) is 0 Å². The molecule has 0 aliphatic rings. The summed E-state index contributed by atoms with van der Waals surface area (Å²) < 4.78 is 12.5. The summed E-state index contributed by atoms with van der Waals surface area (Å²) in [6.45, 7) is 13.4. The Balaban J connectivity index is 4.23. The third kappa shape index (κ3) is 9.57. The van der Waals surface area contributed by atoms with Crippen LogP contribution in [-0.4, -0.2) is 40.4 Å². The minimum atomic E-state index is -2.05. The number of nitrogens with one attached hydrogen (secondary N) is 1. The van der Waals surface area contributed by atoms with Gasteiger partial charge in [-0.25, -0.2) is 0 Å². The molecular formula is C14H34N2O2Si. The van der Waals surface area contributed by atoms with Crippen LogP contribution >= 0.6 is 0 Å². The van der Waals surface area contributed by atoms with Gasteiger partial charge in [0.05, 0.1) is 0 Å². The highest BCUT2D eigenvalue weighted by Crippen LogP contribution is 2.21. The Morgan fingerprint density at radius 1 is 1.05 bits per heavy atom. The molecule has 0 saturated heterocycles. The highest BCUT2D eigenvalue weighted by molar-refractivity contribution is 6.66. The first-order valence-corrected chi connectivity index (χ1v) is 10.3. The van der Waals surface area contributed by atoms with Crippen LogP contribution in [0.25, 0.3) is 0 Å². The van der Waals surface area contributed by atoms with E-state index in [4.69, 9.17) is 14.6 Å². The molecule has 0 amide bonds. The molecule has 0 aromatic rings. The van der Waals surface area contributed by atoms with Gasteiger partial charge in [-0.1, -0.05) is 13.8 Å². The second-order valence-electron chi connectivity index (χ2n) is 5.45. The fourth-order valence-electron chi connectivity index (χ4n) is 1.93. The SMILES string of the molecule is CCC(C)O[Si](C)(CCCNCCN)OC(C)CC. The molecule has 2 unspecified atom stereocenters. The molecule has 0 heterocycles. The lowest BCUT2D eigenvalue weighted by molar-refractivity contribution is 0.0909. The van der Waals surface area contributed by atoms with E-state index in [1.807, 2.05) is 0 Å². The van der Waals surface area contributed by atoms with Crippen molar-refractivity contribution < 1.29 is 8.85 Å². The first kappa shape index (κ1) is 19.1. The average Bonchev–Trinajstić information content (AvgIpc) is 2.38. The maximum Gasteiger partial charge on any atom is 0.335 e. The molecule has 0 rings (SSSR count). The quantitative estimate of drug-likeness (QED) is 0.428. The standard InChI is InChI=1S/C14H34N2O2Si/c1-6-13(3)17-19(5,18-14(4)7-2)12-8-10-16-11-9-15/h13-14,16H,6-12,15H2,1-5H3. The van der Waals surface area contributed by atoms with E-state index in [0.717, 1.165) is 38.4 Å². The van der Waals surface area contributed by atoms with E-state index in [-0.39, 0.29) is 12.2 Å². The molecule has 0 bridgehead atoms. The predicted octanol–water partition coefficient (Wildman–Crippen LogP) is 2.63. The molecule has 0 saturated carbocycles. The Hall–Kier alpha value is 0.0569. The molecule has 116 valence electrons. The van der Waals surface area contributed by atoms with E-state index in [1.54, 1.807) is 0 Å². The van der Waals surface area contributed by atoms with Crippen LogP contribution in [0.4, 0.5) is 0 Å². The number of hydrogen-bond donors (Lipinski definition) is 2. The first-order chi connectivity index (χ1) is 8.97. The minimum Gasteiger partial charge on any atom is -0.392 e. The van der Waals surface area contributed by atoms with Gasteiger partial charge in [0.15, 0.2) is 0 Å². The topological polar surface area (TPSA) is 56.5 Å². The lowest BCUT2D eigenvalue weighted by atomic mass is 10.3. The van der Waals surface area contributed by atoms with Gasteiger partial charge in [0.25, 0.3) is 0 Å². The van der Waals surface area contributed by atoms with Gasteiger partial charge in [0, 0.05) is 25.3 Å². The summed E-state index contributed by atoms with van der Waals surface area (Å²) in [6, 6.07) is 1.04. The zero-order valence-corrected chi connectivity index (χ0v) is 14.5. The van der Waals surface area contributed by atoms with Crippen LogP contribution in [0.5, 0.6) is 0 Å². The molecule has 0 aromatic carbocycles. The minimum absolute atomic E-state index is 0.290. The predicted molar refractivity (Wildman–Crippen MR) is 84.6 cm³/mol. The van der Waals surface area contributed by atoms with E-state index in [1.165, 1.54) is 0 Å². The third-order valence-corrected chi connectivity index (χ3v) is 6.42. The fourth-order valence-corrected chi connectivity index (χ4v) is 5.07. The molecule has 4 nitrogen and oxygen atoms in total. The summed E-state index contributed by atoms with van der Waals surface area (Å²) in [6.07, 6.45) is 3.75. The second kappa shape index (κ2) is 10.8. The Bertz CT molecular complexity index is 206. The van der Waals surface area contributed by atoms with Crippen molar-refractivity contribution in [1.82, 2.24) is 5.32 Å². The van der Waals surface area contributed by atoms with Gasteiger partial charge in [0.1, 0.15) is 0 Å². The highest BCUT2D eigenvalue weighted by Gasteiger charge is 2.34. The summed E-state index contributed by atoms with van der Waals surface area (Å²) in [5.74, 6) is 0. The zero-order chi connectivity index (χ0) is 14.7. The van der Waals surface area contributed by atoms with Crippen LogP contribution in [0.2, 0.25) is 12.6 Å². The van der Waals surface area contributed by atoms with Crippen molar-refractivity contribution in [3.05, 3.63) is 0 Å². The van der Waals surface area contributed by atoms with Gasteiger partial charge in [-0.2, -0.15) is 0 Å². The van der Waals surface area contributed by atoms with Crippen LogP contribution in [0, 0.1) is 0 Å². The molecular weight excluding hydrogens is 256 g/mol. The monoisotopic (exact) mass is 290 g/mol. The molecule has 19 heavy (non-hydrogen) atoms. The molecule has 0 aromatic heterocycles. The molecule has 0 aliphatic heterocycles. The number of hydrogen-bond acceptors (Lipinski definition) is 4. The van der Waals surface area contributed by atoms with Gasteiger partial charge in [0.2, 0.25) is 0 Å². The summed E-state index contributed by atoms with van der Waals surface area (Å²) in [4.78, 5) is 0. The van der Waals surface area contributed by atoms with Crippen molar-refractivity contribution in [1.29, 1.82) is 0 Å². The van der Waals surface area contributed by atoms with Crippen LogP contribution in [0.3, 0.4) is 0 Å². The van der Waals surface area contributed by atoms with Crippen molar-refractivity contribution in [2.75, 3.05) is 19.6 Å². The van der Waals surface area contributed by atoms with Crippen LogP contribution in [0.1, 0.15) is 47.0 Å². The molecule has 0 aliphatic carbocycles. The van der Waals surface area contributed by atoms with Crippen molar-refractivity contribution in [3.63, 3.8) is 0 Å². The van der Waals surface area contributed by atoms with Crippen molar-refractivity contribution >= 4 is 8.56 Å². The van der Waals surface area contributed by atoms with Crippen molar-refractivity contribution in [2.24, 2.45) is 5.73 Å². The Morgan fingerprint density at radius 3 is 2.00 bits per heavy atom. The molecule has 2 atom stereocenters. The van der Waals surface area contributed by atoms with Crippen LogP contribution in [-0.2, 0) is 8.85 Å². The second-order valence-corrected chi connectivity index (χ2v) is 8.69. The lowest BCUT2D eigenvalue weighted by Gasteiger charge is -2.32. The largest absolute Gasteiger partial charge is 0.392 e. The zero-order valence-electron chi connectivity index (χ0n) is 13.5. The molecule has 0 spiro atoms. The van der Waals surface area contributed by atoms with Gasteiger partial charge in [-0.15, -0.1) is 0 Å². The van der Waals surface area contributed by atoms with E-state index in [2.05, 4.69) is 39.6 Å². The third-order valence-electron chi connectivity index (χ3n) is 3.36.